The average molecular weight is 287 g/mol. The van der Waals surface area contributed by atoms with E-state index < -0.39 is 15.8 Å². The van der Waals surface area contributed by atoms with Crippen molar-refractivity contribution in [1.29, 1.82) is 0 Å². The third-order valence-electron chi connectivity index (χ3n) is 2.92. The highest BCUT2D eigenvalue weighted by molar-refractivity contribution is 7.91. The monoisotopic (exact) mass is 287 g/mol. The molecule has 8 heteroatoms. The van der Waals surface area contributed by atoms with Crippen LogP contribution < -0.4 is 0 Å². The predicted molar refractivity (Wildman–Crippen MR) is 64.6 cm³/mol. The van der Waals surface area contributed by atoms with Crippen LogP contribution in [0.1, 0.15) is 16.1 Å². The van der Waals surface area contributed by atoms with Gasteiger partial charge in [0.2, 0.25) is 0 Å². The molecule has 1 aliphatic rings. The van der Waals surface area contributed by atoms with Crippen LogP contribution in [-0.2, 0) is 21.1 Å². The number of hydrogen-bond acceptors (Lipinski definition) is 5. The number of carboxylic acid groups (broad SMARTS) is 1. The molecular formula is C11H13NO6S. The van der Waals surface area contributed by atoms with Gasteiger partial charge in [0.05, 0.1) is 23.3 Å². The van der Waals surface area contributed by atoms with Gasteiger partial charge >= 0.3 is 5.97 Å². The van der Waals surface area contributed by atoms with E-state index in [-0.39, 0.29) is 48.2 Å². The summed E-state index contributed by atoms with van der Waals surface area (Å²) >= 11 is 0. The molecule has 1 aromatic rings. The molecule has 0 saturated carbocycles. The van der Waals surface area contributed by atoms with Crippen molar-refractivity contribution in [2.45, 2.75) is 6.42 Å². The Bertz CT molecular complexity index is 588. The van der Waals surface area contributed by atoms with Gasteiger partial charge in [-0.15, -0.1) is 0 Å². The molecule has 1 amide bonds. The minimum Gasteiger partial charge on any atom is -0.481 e. The maximum absolute atomic E-state index is 12.2. The standard InChI is InChI=1S/C11H13NO6S/c13-10(14)7-9-8(1-4-18-9)11(15)12-2-5-19(16,17)6-3-12/h1,4H,2-3,5-7H2,(H,13,14). The van der Waals surface area contributed by atoms with Crippen molar-refractivity contribution < 1.29 is 27.5 Å². The van der Waals surface area contributed by atoms with Gasteiger partial charge in [-0.1, -0.05) is 0 Å². The molecule has 0 bridgehead atoms. The highest BCUT2D eigenvalue weighted by atomic mass is 32.2. The summed E-state index contributed by atoms with van der Waals surface area (Å²) in [6.07, 6.45) is 0.881. The predicted octanol–water partition coefficient (Wildman–Crippen LogP) is -0.223. The number of sulfone groups is 1. The van der Waals surface area contributed by atoms with Crippen molar-refractivity contribution in [2.24, 2.45) is 0 Å². The topological polar surface area (TPSA) is 105 Å². The van der Waals surface area contributed by atoms with Crippen molar-refractivity contribution >= 4 is 21.7 Å². The van der Waals surface area contributed by atoms with Crippen LogP contribution in [0, 0.1) is 0 Å². The lowest BCUT2D eigenvalue weighted by atomic mass is 10.2. The maximum Gasteiger partial charge on any atom is 0.311 e. The van der Waals surface area contributed by atoms with E-state index in [1.165, 1.54) is 17.2 Å². The van der Waals surface area contributed by atoms with Gasteiger partial charge in [0, 0.05) is 13.1 Å². The molecule has 0 unspecified atom stereocenters. The number of amides is 1. The molecule has 104 valence electrons. The fourth-order valence-corrected chi connectivity index (χ4v) is 3.09. The number of rotatable bonds is 3. The van der Waals surface area contributed by atoms with Gasteiger partial charge in [0.1, 0.15) is 12.2 Å². The molecule has 0 atom stereocenters. The van der Waals surface area contributed by atoms with E-state index in [0.717, 1.165) is 0 Å². The van der Waals surface area contributed by atoms with Crippen molar-refractivity contribution in [3.05, 3.63) is 23.7 Å². The van der Waals surface area contributed by atoms with Gasteiger partial charge < -0.3 is 14.4 Å². The second kappa shape index (κ2) is 5.04. The van der Waals surface area contributed by atoms with E-state index in [1.54, 1.807) is 0 Å². The van der Waals surface area contributed by atoms with Crippen LogP contribution in [0.2, 0.25) is 0 Å². The first-order valence-corrected chi connectivity index (χ1v) is 7.49. The summed E-state index contributed by atoms with van der Waals surface area (Å²) in [5, 5.41) is 8.71. The number of nitrogens with zero attached hydrogens (tertiary/aromatic N) is 1. The first-order valence-electron chi connectivity index (χ1n) is 5.67. The summed E-state index contributed by atoms with van der Waals surface area (Å²) in [5.41, 5.74) is 0.182. The van der Waals surface area contributed by atoms with E-state index in [9.17, 15) is 18.0 Å². The maximum atomic E-state index is 12.2. The van der Waals surface area contributed by atoms with Crippen LogP contribution in [0.3, 0.4) is 0 Å². The summed E-state index contributed by atoms with van der Waals surface area (Å²) < 4.78 is 27.5. The molecule has 0 spiro atoms. The Morgan fingerprint density at radius 1 is 1.32 bits per heavy atom. The largest absolute Gasteiger partial charge is 0.481 e. The molecule has 1 aromatic heterocycles. The average Bonchev–Trinajstić information content (AvgIpc) is 2.75. The molecule has 2 heterocycles. The number of carbonyl (C=O) groups excluding carboxylic acids is 1. The number of aliphatic carboxylic acids is 1. The molecule has 7 nitrogen and oxygen atoms in total. The summed E-state index contributed by atoms with van der Waals surface area (Å²) in [6.45, 7) is 0.248. The van der Waals surface area contributed by atoms with Gasteiger partial charge in [0.25, 0.3) is 5.91 Å². The number of furan rings is 1. The van der Waals surface area contributed by atoms with Gasteiger partial charge in [-0.2, -0.15) is 0 Å². The Labute approximate surface area is 109 Å². The Kier molecular flexibility index (Phi) is 3.61. The minimum atomic E-state index is -3.06. The lowest BCUT2D eigenvalue weighted by molar-refractivity contribution is -0.136. The van der Waals surface area contributed by atoms with E-state index in [1.807, 2.05) is 0 Å². The molecular weight excluding hydrogens is 274 g/mol. The highest BCUT2D eigenvalue weighted by Crippen LogP contribution is 2.16. The van der Waals surface area contributed by atoms with Crippen molar-refractivity contribution in [2.75, 3.05) is 24.6 Å². The molecule has 0 aliphatic carbocycles. The lowest BCUT2D eigenvalue weighted by Crippen LogP contribution is -2.43. The third-order valence-corrected chi connectivity index (χ3v) is 4.53. The van der Waals surface area contributed by atoms with E-state index in [0.29, 0.717) is 0 Å². The quantitative estimate of drug-likeness (QED) is 0.823. The Hall–Kier alpha value is -1.83. The molecule has 1 saturated heterocycles. The van der Waals surface area contributed by atoms with E-state index >= 15 is 0 Å². The van der Waals surface area contributed by atoms with Crippen molar-refractivity contribution in [1.82, 2.24) is 4.90 Å². The third kappa shape index (κ3) is 3.14. The Morgan fingerprint density at radius 3 is 2.53 bits per heavy atom. The molecule has 2 rings (SSSR count). The van der Waals surface area contributed by atoms with E-state index in [4.69, 9.17) is 9.52 Å². The lowest BCUT2D eigenvalue weighted by Gasteiger charge is -2.26. The Balaban J connectivity index is 2.12. The fraction of sp³-hybridized carbons (Fsp3) is 0.455. The first kappa shape index (κ1) is 13.6. The second-order valence-electron chi connectivity index (χ2n) is 4.27. The van der Waals surface area contributed by atoms with E-state index in [2.05, 4.69) is 0 Å². The zero-order valence-electron chi connectivity index (χ0n) is 10.0. The summed E-state index contributed by atoms with van der Waals surface area (Å²) in [4.78, 5) is 24.2. The smallest absolute Gasteiger partial charge is 0.311 e. The van der Waals surface area contributed by atoms with Crippen LogP contribution >= 0.6 is 0 Å². The zero-order valence-corrected chi connectivity index (χ0v) is 10.9. The highest BCUT2D eigenvalue weighted by Gasteiger charge is 2.28. The van der Waals surface area contributed by atoms with Gasteiger partial charge in [0.15, 0.2) is 9.84 Å². The molecule has 1 aliphatic heterocycles. The van der Waals surface area contributed by atoms with Crippen molar-refractivity contribution in [3.63, 3.8) is 0 Å². The second-order valence-corrected chi connectivity index (χ2v) is 6.58. The SMILES string of the molecule is O=C(O)Cc1occc1C(=O)N1CCS(=O)(=O)CC1. The first-order chi connectivity index (χ1) is 8.89. The minimum absolute atomic E-state index is 0.0646. The number of hydrogen-bond donors (Lipinski definition) is 1. The van der Waals surface area contributed by atoms with Crippen LogP contribution in [0.4, 0.5) is 0 Å². The number of carbonyl (C=O) groups is 2. The number of carboxylic acids is 1. The fourth-order valence-electron chi connectivity index (χ4n) is 1.89. The normalized spacial score (nSPS) is 18.2. The molecule has 0 radical (unpaired) electrons. The summed E-state index contributed by atoms with van der Waals surface area (Å²) in [6, 6.07) is 1.41. The zero-order chi connectivity index (χ0) is 14.0. The van der Waals surface area contributed by atoms with Crippen molar-refractivity contribution in [3.8, 4) is 0 Å². The van der Waals surface area contributed by atoms with Gasteiger partial charge in [-0.3, -0.25) is 9.59 Å². The van der Waals surface area contributed by atoms with Crippen LogP contribution in [0.15, 0.2) is 16.7 Å². The van der Waals surface area contributed by atoms with Gasteiger partial charge in [-0.25, -0.2) is 8.42 Å². The molecule has 0 aromatic carbocycles. The van der Waals surface area contributed by atoms with Crippen LogP contribution in [0.5, 0.6) is 0 Å². The summed E-state index contributed by atoms with van der Waals surface area (Å²) in [5.74, 6) is -1.52. The van der Waals surface area contributed by atoms with Crippen LogP contribution in [-0.4, -0.2) is 54.9 Å². The van der Waals surface area contributed by atoms with Gasteiger partial charge in [-0.05, 0) is 6.07 Å². The molecule has 19 heavy (non-hydrogen) atoms. The molecule has 1 fully saturated rings. The Morgan fingerprint density at radius 2 is 1.95 bits per heavy atom. The summed E-state index contributed by atoms with van der Waals surface area (Å²) in [7, 11) is -3.06. The van der Waals surface area contributed by atoms with Crippen LogP contribution in [0.25, 0.3) is 0 Å². The molecule has 1 N–H and O–H groups in total.